The van der Waals surface area contributed by atoms with Crippen molar-refractivity contribution in [2.75, 3.05) is 13.2 Å². The number of carbonyl (C=O) groups is 2. The molecule has 0 aromatic rings. The summed E-state index contributed by atoms with van der Waals surface area (Å²) in [7, 11) is 0. The SMILES string of the molecule is CCCCC/C=C\CCCCCCCC(=O)OCCCCCCCCCCCCCCCCCCCC/C=C\CCCCCCCCCCCCCCCCCCCC(=O)NC(CO)C(O)CCCCCCCCCCCCCCCCC. The molecule has 0 aliphatic carbocycles. The Balaban J connectivity index is 3.31. The van der Waals surface area contributed by atoms with Gasteiger partial charge in [0.2, 0.25) is 5.91 Å². The topological polar surface area (TPSA) is 95.9 Å². The quantitative estimate of drug-likeness (QED) is 0.0320. The summed E-state index contributed by atoms with van der Waals surface area (Å²) in [5.41, 5.74) is 0. The molecular weight excluding hydrogens is 1020 g/mol. The first-order valence-electron chi connectivity index (χ1n) is 38.1. The average molecular weight is 1170 g/mol. The van der Waals surface area contributed by atoms with Gasteiger partial charge in [0.1, 0.15) is 0 Å². The number of unbranched alkanes of at least 4 members (excludes halogenated alkanes) is 57. The highest BCUT2D eigenvalue weighted by Gasteiger charge is 2.20. The number of rotatable bonds is 72. The van der Waals surface area contributed by atoms with Crippen LogP contribution in [0.25, 0.3) is 0 Å². The second-order valence-electron chi connectivity index (χ2n) is 26.3. The fourth-order valence-corrected chi connectivity index (χ4v) is 12.2. The lowest BCUT2D eigenvalue weighted by Crippen LogP contribution is -2.45. The number of hydrogen-bond donors (Lipinski definition) is 3. The minimum Gasteiger partial charge on any atom is -0.466 e. The molecule has 6 nitrogen and oxygen atoms in total. The number of amides is 1. The first-order valence-corrected chi connectivity index (χ1v) is 38.1. The molecule has 0 radical (unpaired) electrons. The zero-order valence-corrected chi connectivity index (χ0v) is 56.5. The molecule has 2 unspecified atom stereocenters. The normalized spacial score (nSPS) is 12.6. The number of aliphatic hydroxyl groups excluding tert-OH is 2. The highest BCUT2D eigenvalue weighted by Crippen LogP contribution is 2.20. The molecule has 0 rings (SSSR count). The number of nitrogens with one attached hydrogen (secondary N) is 1. The second kappa shape index (κ2) is 72.8. The van der Waals surface area contributed by atoms with Crippen molar-refractivity contribution >= 4 is 11.9 Å². The lowest BCUT2D eigenvalue weighted by atomic mass is 10.0. The Labute approximate surface area is 520 Å². The molecule has 0 saturated heterocycles. The van der Waals surface area contributed by atoms with Gasteiger partial charge in [-0.3, -0.25) is 9.59 Å². The van der Waals surface area contributed by atoms with E-state index in [4.69, 9.17) is 4.74 Å². The minimum absolute atomic E-state index is 0.0129. The third kappa shape index (κ3) is 69.3. The lowest BCUT2D eigenvalue weighted by Gasteiger charge is -2.22. The average Bonchev–Trinajstić information content (AvgIpc) is 3.49. The molecule has 1 amide bonds. The number of hydrogen-bond acceptors (Lipinski definition) is 5. The van der Waals surface area contributed by atoms with Crippen LogP contribution in [0, 0.1) is 0 Å². The summed E-state index contributed by atoms with van der Waals surface area (Å²) >= 11 is 0. The van der Waals surface area contributed by atoms with Crippen LogP contribution < -0.4 is 5.32 Å². The van der Waals surface area contributed by atoms with Gasteiger partial charge in [-0.25, -0.2) is 0 Å². The maximum Gasteiger partial charge on any atom is 0.305 e. The van der Waals surface area contributed by atoms with E-state index in [1.165, 1.54) is 353 Å². The summed E-state index contributed by atoms with van der Waals surface area (Å²) in [4.78, 5) is 24.5. The van der Waals surface area contributed by atoms with Crippen molar-refractivity contribution in [3.05, 3.63) is 24.3 Å². The standard InChI is InChI=1S/C77H149NO5/c1-3-5-7-9-11-13-15-17-43-46-49-53-57-61-65-69-75(80)74(73-79)78-76(81)70-66-62-58-54-50-47-44-41-39-37-35-33-31-29-27-25-23-21-19-18-20-22-24-26-28-30-32-34-36-38-40-42-45-48-52-56-60-64-68-72-83-77(82)71-67-63-59-55-51-16-14-12-10-8-6-4-2/h12,14,18-19,74-75,79-80H,3-11,13,15-17,20-73H2,1-2H3,(H,78,81)/b14-12-,19-18-. The third-order valence-corrected chi connectivity index (χ3v) is 18.0. The molecule has 0 heterocycles. The summed E-state index contributed by atoms with van der Waals surface area (Å²) in [6.45, 7) is 4.97. The van der Waals surface area contributed by atoms with Crippen LogP contribution in [0.1, 0.15) is 431 Å². The Kier molecular flexibility index (Phi) is 71.4. The van der Waals surface area contributed by atoms with Crippen molar-refractivity contribution in [2.24, 2.45) is 0 Å². The van der Waals surface area contributed by atoms with Gasteiger partial charge in [0.15, 0.2) is 0 Å². The highest BCUT2D eigenvalue weighted by atomic mass is 16.5. The van der Waals surface area contributed by atoms with Crippen LogP contribution in [0.2, 0.25) is 0 Å². The van der Waals surface area contributed by atoms with Crippen LogP contribution in [0.3, 0.4) is 0 Å². The van der Waals surface area contributed by atoms with E-state index in [0.717, 1.165) is 44.9 Å². The zero-order chi connectivity index (χ0) is 59.9. The van der Waals surface area contributed by atoms with E-state index in [2.05, 4.69) is 43.5 Å². The molecule has 492 valence electrons. The molecule has 0 bridgehead atoms. The molecule has 0 aliphatic heterocycles. The molecule has 0 fully saturated rings. The minimum atomic E-state index is -0.660. The number of carbonyl (C=O) groups excluding carboxylic acids is 2. The Hall–Kier alpha value is -1.66. The maximum atomic E-state index is 12.5. The van der Waals surface area contributed by atoms with Crippen molar-refractivity contribution in [2.45, 2.75) is 443 Å². The molecule has 0 saturated carbocycles. The first-order chi connectivity index (χ1) is 41.0. The van der Waals surface area contributed by atoms with E-state index < -0.39 is 12.1 Å². The van der Waals surface area contributed by atoms with E-state index in [9.17, 15) is 19.8 Å². The maximum absolute atomic E-state index is 12.5. The van der Waals surface area contributed by atoms with Gasteiger partial charge in [-0.2, -0.15) is 0 Å². The van der Waals surface area contributed by atoms with E-state index in [0.29, 0.717) is 25.9 Å². The molecule has 0 aromatic heterocycles. The van der Waals surface area contributed by atoms with Crippen LogP contribution in [-0.2, 0) is 14.3 Å². The Morgan fingerprint density at radius 3 is 0.880 bits per heavy atom. The van der Waals surface area contributed by atoms with Crippen molar-refractivity contribution in [1.29, 1.82) is 0 Å². The van der Waals surface area contributed by atoms with E-state index in [-0.39, 0.29) is 18.5 Å². The van der Waals surface area contributed by atoms with Crippen molar-refractivity contribution in [3.8, 4) is 0 Å². The van der Waals surface area contributed by atoms with Gasteiger partial charge in [0.05, 0.1) is 25.4 Å². The largest absolute Gasteiger partial charge is 0.466 e. The summed E-state index contributed by atoms with van der Waals surface area (Å²) < 4.78 is 5.48. The van der Waals surface area contributed by atoms with Crippen LogP contribution in [0.15, 0.2) is 24.3 Å². The van der Waals surface area contributed by atoms with Gasteiger partial charge in [-0.05, 0) is 77.0 Å². The molecular formula is C77H149NO5. The Bertz CT molecular complexity index is 1300. The summed E-state index contributed by atoms with van der Waals surface area (Å²) in [6, 6.07) is -0.537. The van der Waals surface area contributed by atoms with Gasteiger partial charge in [-0.15, -0.1) is 0 Å². The number of allylic oxidation sites excluding steroid dienone is 4. The molecule has 0 spiro atoms. The molecule has 3 N–H and O–H groups in total. The predicted octanol–water partition coefficient (Wildman–Crippen LogP) is 24.9. The molecule has 0 aliphatic rings. The van der Waals surface area contributed by atoms with Crippen LogP contribution in [0.4, 0.5) is 0 Å². The van der Waals surface area contributed by atoms with Crippen LogP contribution in [-0.4, -0.2) is 47.4 Å². The summed E-state index contributed by atoms with van der Waals surface area (Å²) in [5, 5.41) is 23.4. The van der Waals surface area contributed by atoms with Crippen molar-refractivity contribution < 1.29 is 24.5 Å². The van der Waals surface area contributed by atoms with E-state index in [1.807, 2.05) is 0 Å². The monoisotopic (exact) mass is 1170 g/mol. The fourth-order valence-electron chi connectivity index (χ4n) is 12.2. The first kappa shape index (κ1) is 81.3. The Morgan fingerprint density at radius 1 is 0.325 bits per heavy atom. The number of esters is 1. The summed E-state index contributed by atoms with van der Waals surface area (Å²) in [5.74, 6) is -0.0143. The smallest absolute Gasteiger partial charge is 0.305 e. The lowest BCUT2D eigenvalue weighted by molar-refractivity contribution is -0.143. The Morgan fingerprint density at radius 2 is 0.566 bits per heavy atom. The van der Waals surface area contributed by atoms with E-state index >= 15 is 0 Å². The van der Waals surface area contributed by atoms with Gasteiger partial charge in [0, 0.05) is 12.8 Å². The predicted molar refractivity (Wildman–Crippen MR) is 366 cm³/mol. The highest BCUT2D eigenvalue weighted by molar-refractivity contribution is 5.76. The zero-order valence-electron chi connectivity index (χ0n) is 56.5. The third-order valence-electron chi connectivity index (χ3n) is 18.0. The van der Waals surface area contributed by atoms with Gasteiger partial charge in [-0.1, -0.05) is 366 Å². The molecule has 2 atom stereocenters. The van der Waals surface area contributed by atoms with Crippen LogP contribution in [0.5, 0.6) is 0 Å². The fraction of sp³-hybridized carbons (Fsp3) is 0.922. The van der Waals surface area contributed by atoms with Crippen molar-refractivity contribution in [3.63, 3.8) is 0 Å². The van der Waals surface area contributed by atoms with Crippen molar-refractivity contribution in [1.82, 2.24) is 5.32 Å². The number of ether oxygens (including phenoxy) is 1. The summed E-state index contributed by atoms with van der Waals surface area (Å²) in [6.07, 6.45) is 92.7. The molecule has 0 aromatic carbocycles. The van der Waals surface area contributed by atoms with E-state index in [1.54, 1.807) is 0 Å². The number of aliphatic hydroxyl groups is 2. The molecule has 83 heavy (non-hydrogen) atoms. The van der Waals surface area contributed by atoms with Gasteiger partial charge >= 0.3 is 5.97 Å². The van der Waals surface area contributed by atoms with Gasteiger partial charge < -0.3 is 20.3 Å². The van der Waals surface area contributed by atoms with Gasteiger partial charge in [0.25, 0.3) is 0 Å². The van der Waals surface area contributed by atoms with Crippen LogP contribution >= 0.6 is 0 Å². The second-order valence-corrected chi connectivity index (χ2v) is 26.3. The molecule has 6 heteroatoms.